The summed E-state index contributed by atoms with van der Waals surface area (Å²) in [5.41, 5.74) is 6.18. The zero-order valence-electron chi connectivity index (χ0n) is 11.5. The van der Waals surface area contributed by atoms with Crippen molar-refractivity contribution >= 4 is 12.1 Å². The van der Waals surface area contributed by atoms with Gasteiger partial charge in [-0.2, -0.15) is 0 Å². The molecule has 0 spiro atoms. The molecule has 0 radical (unpaired) electrons. The second kappa shape index (κ2) is 5.19. The average molecular weight is 265 g/mol. The SMILES string of the molecule is CN1CCN2CCN(C3CC=NCC3N)CC2C1=O. The second-order valence-electron chi connectivity index (χ2n) is 5.82. The lowest BCUT2D eigenvalue weighted by atomic mass is 9.98. The minimum absolute atomic E-state index is 0.0264. The number of likely N-dealkylation sites (N-methyl/N-ethyl adjacent to an activating group) is 1. The molecule has 0 aromatic rings. The summed E-state index contributed by atoms with van der Waals surface area (Å²) in [7, 11) is 1.90. The highest BCUT2D eigenvalue weighted by Crippen LogP contribution is 2.20. The van der Waals surface area contributed by atoms with Crippen LogP contribution in [0, 0.1) is 0 Å². The molecule has 3 aliphatic rings. The molecule has 0 bridgehead atoms. The van der Waals surface area contributed by atoms with E-state index in [0.717, 1.165) is 39.1 Å². The fraction of sp³-hybridized carbons (Fsp3) is 0.846. The number of carbonyl (C=O) groups is 1. The summed E-state index contributed by atoms with van der Waals surface area (Å²) in [5.74, 6) is 0.258. The third-order valence-electron chi connectivity index (χ3n) is 4.66. The van der Waals surface area contributed by atoms with Crippen LogP contribution in [0.25, 0.3) is 0 Å². The van der Waals surface area contributed by atoms with Crippen molar-refractivity contribution in [2.45, 2.75) is 24.5 Å². The molecule has 0 saturated carbocycles. The number of hydrogen-bond acceptors (Lipinski definition) is 5. The van der Waals surface area contributed by atoms with Gasteiger partial charge in [0.25, 0.3) is 0 Å². The van der Waals surface area contributed by atoms with Crippen LogP contribution in [0.1, 0.15) is 6.42 Å². The van der Waals surface area contributed by atoms with Crippen molar-refractivity contribution in [1.82, 2.24) is 14.7 Å². The van der Waals surface area contributed by atoms with E-state index < -0.39 is 0 Å². The smallest absolute Gasteiger partial charge is 0.241 e. The number of carbonyl (C=O) groups excluding carboxylic acids is 1. The number of nitrogens with zero attached hydrogens (tertiary/aromatic N) is 4. The summed E-state index contributed by atoms with van der Waals surface area (Å²) in [6.07, 6.45) is 2.90. The van der Waals surface area contributed by atoms with Crippen LogP contribution in [0.4, 0.5) is 0 Å². The maximum Gasteiger partial charge on any atom is 0.241 e. The number of amides is 1. The highest BCUT2D eigenvalue weighted by Gasteiger charge is 2.40. The Labute approximate surface area is 114 Å². The summed E-state index contributed by atoms with van der Waals surface area (Å²) in [5, 5.41) is 0. The Hall–Kier alpha value is -0.980. The van der Waals surface area contributed by atoms with Crippen LogP contribution >= 0.6 is 0 Å². The summed E-state index contributed by atoms with van der Waals surface area (Å²) in [4.78, 5) is 23.1. The normalized spacial score (nSPS) is 37.5. The fourth-order valence-corrected chi connectivity index (χ4v) is 3.38. The van der Waals surface area contributed by atoms with E-state index in [4.69, 9.17) is 5.73 Å². The Bertz CT molecular complexity index is 385. The van der Waals surface area contributed by atoms with Gasteiger partial charge in [0.2, 0.25) is 5.91 Å². The summed E-state index contributed by atoms with van der Waals surface area (Å²) in [6, 6.07) is 0.478. The quantitative estimate of drug-likeness (QED) is 0.634. The Balaban J connectivity index is 1.70. The molecule has 0 aliphatic carbocycles. The first kappa shape index (κ1) is 13.0. The molecule has 3 aliphatic heterocycles. The van der Waals surface area contributed by atoms with E-state index in [0.29, 0.717) is 12.6 Å². The third kappa shape index (κ3) is 2.40. The van der Waals surface area contributed by atoms with Crippen molar-refractivity contribution < 1.29 is 4.79 Å². The fourth-order valence-electron chi connectivity index (χ4n) is 3.38. The van der Waals surface area contributed by atoms with Gasteiger partial charge in [0, 0.05) is 58.1 Å². The van der Waals surface area contributed by atoms with Crippen LogP contribution in [0.15, 0.2) is 4.99 Å². The predicted molar refractivity (Wildman–Crippen MR) is 74.3 cm³/mol. The van der Waals surface area contributed by atoms with Gasteiger partial charge in [-0.3, -0.25) is 19.6 Å². The topological polar surface area (TPSA) is 65.2 Å². The molecule has 2 saturated heterocycles. The first-order valence-electron chi connectivity index (χ1n) is 7.14. The number of rotatable bonds is 1. The van der Waals surface area contributed by atoms with Crippen molar-refractivity contribution in [2.24, 2.45) is 10.7 Å². The predicted octanol–water partition coefficient (Wildman–Crippen LogP) is -1.38. The first-order valence-corrected chi connectivity index (χ1v) is 7.14. The van der Waals surface area contributed by atoms with E-state index in [9.17, 15) is 4.79 Å². The maximum atomic E-state index is 12.3. The van der Waals surface area contributed by atoms with Crippen molar-refractivity contribution in [3.63, 3.8) is 0 Å². The largest absolute Gasteiger partial charge is 0.343 e. The summed E-state index contributed by atoms with van der Waals surface area (Å²) in [6.45, 7) is 5.37. The second-order valence-corrected chi connectivity index (χ2v) is 5.82. The molecule has 2 fully saturated rings. The molecule has 2 N–H and O–H groups in total. The van der Waals surface area contributed by atoms with Gasteiger partial charge in [0.05, 0.1) is 6.54 Å². The molecule has 3 rings (SSSR count). The van der Waals surface area contributed by atoms with E-state index in [1.165, 1.54) is 0 Å². The van der Waals surface area contributed by atoms with E-state index in [1.807, 2.05) is 18.2 Å². The van der Waals surface area contributed by atoms with E-state index in [1.54, 1.807) is 0 Å². The zero-order valence-corrected chi connectivity index (χ0v) is 11.5. The van der Waals surface area contributed by atoms with E-state index >= 15 is 0 Å². The number of nitrogens with two attached hydrogens (primary N) is 1. The third-order valence-corrected chi connectivity index (χ3v) is 4.66. The molecule has 3 unspecified atom stereocenters. The average Bonchev–Trinajstić information content (AvgIpc) is 2.43. The molecule has 6 heteroatoms. The molecule has 3 heterocycles. The lowest BCUT2D eigenvalue weighted by Crippen LogP contribution is -2.67. The molecule has 0 aromatic heterocycles. The summed E-state index contributed by atoms with van der Waals surface area (Å²) >= 11 is 0. The molecule has 1 amide bonds. The van der Waals surface area contributed by atoms with Gasteiger partial charge in [0.15, 0.2) is 0 Å². The van der Waals surface area contributed by atoms with E-state index in [-0.39, 0.29) is 18.0 Å². The van der Waals surface area contributed by atoms with Crippen LogP contribution in [0.5, 0.6) is 0 Å². The minimum Gasteiger partial charge on any atom is -0.343 e. The molecule has 19 heavy (non-hydrogen) atoms. The monoisotopic (exact) mass is 265 g/mol. The molecular formula is C13H23N5O. The highest BCUT2D eigenvalue weighted by atomic mass is 16.2. The Morgan fingerprint density at radius 1 is 1.26 bits per heavy atom. The van der Waals surface area contributed by atoms with Crippen molar-refractivity contribution in [3.05, 3.63) is 0 Å². The van der Waals surface area contributed by atoms with Crippen LogP contribution in [-0.2, 0) is 4.79 Å². The van der Waals surface area contributed by atoms with Crippen molar-refractivity contribution in [3.8, 4) is 0 Å². The van der Waals surface area contributed by atoms with Gasteiger partial charge in [0.1, 0.15) is 6.04 Å². The number of piperazine rings is 2. The van der Waals surface area contributed by atoms with Crippen LogP contribution in [-0.4, -0.2) is 91.3 Å². The Morgan fingerprint density at radius 3 is 2.79 bits per heavy atom. The Kier molecular flexibility index (Phi) is 3.56. The lowest BCUT2D eigenvalue weighted by molar-refractivity contribution is -0.144. The van der Waals surface area contributed by atoms with Gasteiger partial charge >= 0.3 is 0 Å². The Morgan fingerprint density at radius 2 is 2.00 bits per heavy atom. The van der Waals surface area contributed by atoms with Gasteiger partial charge in [-0.1, -0.05) is 0 Å². The zero-order chi connectivity index (χ0) is 13.4. The first-order chi connectivity index (χ1) is 9.16. The van der Waals surface area contributed by atoms with Crippen molar-refractivity contribution in [2.75, 3.05) is 46.3 Å². The molecule has 0 aromatic carbocycles. The number of fused-ring (bicyclic) bond motifs is 1. The van der Waals surface area contributed by atoms with Crippen LogP contribution in [0.2, 0.25) is 0 Å². The standard InChI is InChI=1S/C13H23N5O/c1-16-4-5-17-6-7-18(9-12(17)13(16)19)11-2-3-15-8-10(11)14/h3,10-12H,2,4-9,14H2,1H3. The maximum absolute atomic E-state index is 12.3. The molecule has 3 atom stereocenters. The summed E-state index contributed by atoms with van der Waals surface area (Å²) < 4.78 is 0. The van der Waals surface area contributed by atoms with Gasteiger partial charge < -0.3 is 10.6 Å². The highest BCUT2D eigenvalue weighted by molar-refractivity contribution is 5.82. The molecule has 106 valence electrons. The minimum atomic E-state index is 0.0264. The number of aliphatic imine (C=N–C) groups is 1. The van der Waals surface area contributed by atoms with Gasteiger partial charge in [-0.25, -0.2) is 0 Å². The molecule has 6 nitrogen and oxygen atoms in total. The van der Waals surface area contributed by atoms with Crippen LogP contribution in [0.3, 0.4) is 0 Å². The van der Waals surface area contributed by atoms with Gasteiger partial charge in [-0.15, -0.1) is 0 Å². The number of hydrogen-bond donors (Lipinski definition) is 1. The van der Waals surface area contributed by atoms with Gasteiger partial charge in [-0.05, 0) is 6.42 Å². The van der Waals surface area contributed by atoms with Crippen molar-refractivity contribution in [1.29, 1.82) is 0 Å². The lowest BCUT2D eigenvalue weighted by Gasteiger charge is -2.48. The van der Waals surface area contributed by atoms with Crippen LogP contribution < -0.4 is 5.73 Å². The molecular weight excluding hydrogens is 242 g/mol. The van der Waals surface area contributed by atoms with E-state index in [2.05, 4.69) is 14.8 Å².